The first-order valence-electron chi connectivity index (χ1n) is 12.1. The van der Waals surface area contributed by atoms with Crippen molar-refractivity contribution in [1.82, 2.24) is 14.8 Å². The molecule has 3 aromatic carbocycles. The molecule has 2 aliphatic heterocycles. The van der Waals surface area contributed by atoms with E-state index in [0.29, 0.717) is 5.92 Å². The summed E-state index contributed by atoms with van der Waals surface area (Å²) in [6.45, 7) is 4.42. The van der Waals surface area contributed by atoms with Crippen LogP contribution in [0.15, 0.2) is 83.5 Å². The highest BCUT2D eigenvalue weighted by Gasteiger charge is 2.41. The Morgan fingerprint density at radius 2 is 1.69 bits per heavy atom. The number of anilines is 1. The molecule has 182 valence electrons. The average molecular weight is 497 g/mol. The van der Waals surface area contributed by atoms with Crippen LogP contribution in [0.25, 0.3) is 5.70 Å². The minimum Gasteiger partial charge on any atom is -0.497 e. The van der Waals surface area contributed by atoms with E-state index in [-0.39, 0.29) is 12.1 Å². The first-order chi connectivity index (χ1) is 17.6. The Hall–Kier alpha value is -3.71. The second-order valence-electron chi connectivity index (χ2n) is 9.31. The molecule has 0 saturated carbocycles. The second kappa shape index (κ2) is 9.06. The molecule has 3 heterocycles. The summed E-state index contributed by atoms with van der Waals surface area (Å²) in [7, 11) is 1.68. The first-order valence-corrected chi connectivity index (χ1v) is 13.3. The third kappa shape index (κ3) is 3.75. The Labute approximate surface area is 215 Å². The summed E-state index contributed by atoms with van der Waals surface area (Å²) in [5, 5.41) is 9.20. The van der Waals surface area contributed by atoms with Crippen molar-refractivity contribution in [3.05, 3.63) is 101 Å². The summed E-state index contributed by atoms with van der Waals surface area (Å²) < 4.78 is 14.2. The molecular weight excluding hydrogens is 468 g/mol. The van der Waals surface area contributed by atoms with Crippen molar-refractivity contribution in [3.63, 3.8) is 0 Å². The van der Waals surface area contributed by atoms with E-state index in [4.69, 9.17) is 19.6 Å². The van der Waals surface area contributed by atoms with Crippen LogP contribution in [0, 0.1) is 0 Å². The Morgan fingerprint density at radius 3 is 2.39 bits per heavy atom. The van der Waals surface area contributed by atoms with E-state index < -0.39 is 0 Å². The molecular formula is C29H28N4O2S. The van der Waals surface area contributed by atoms with Gasteiger partial charge in [-0.05, 0) is 53.1 Å². The fourth-order valence-electron chi connectivity index (χ4n) is 4.98. The fraction of sp³-hybridized carbons (Fsp3) is 0.241. The maximum atomic E-state index is 6.74. The predicted octanol–water partition coefficient (Wildman–Crippen LogP) is 6.69. The van der Waals surface area contributed by atoms with Crippen molar-refractivity contribution in [3.8, 4) is 11.5 Å². The van der Waals surface area contributed by atoms with Crippen LogP contribution in [0.4, 0.5) is 5.95 Å². The zero-order valence-electron chi connectivity index (χ0n) is 20.7. The lowest BCUT2D eigenvalue weighted by molar-refractivity contribution is 0.223. The Bertz CT molecular complexity index is 1440. The number of benzene rings is 3. The smallest absolute Gasteiger partial charge is 0.227 e. The SMILES string of the molecule is COc1ccc([C@@H]2C3=C(Nc4nc(SC)nn42)c2ccccc2O[C@@H]3c2ccc(C(C)C)cc2)cc1. The minimum atomic E-state index is -0.286. The maximum absolute atomic E-state index is 6.74. The highest BCUT2D eigenvalue weighted by atomic mass is 32.2. The predicted molar refractivity (Wildman–Crippen MR) is 144 cm³/mol. The number of nitrogens with zero attached hydrogens (tertiary/aromatic N) is 3. The van der Waals surface area contributed by atoms with Gasteiger partial charge in [-0.3, -0.25) is 0 Å². The molecule has 0 aliphatic carbocycles. The Kier molecular flexibility index (Phi) is 5.72. The Balaban J connectivity index is 1.58. The zero-order chi connectivity index (χ0) is 24.8. The van der Waals surface area contributed by atoms with Gasteiger partial charge in [0.25, 0.3) is 0 Å². The van der Waals surface area contributed by atoms with E-state index in [1.165, 1.54) is 17.3 Å². The maximum Gasteiger partial charge on any atom is 0.227 e. The van der Waals surface area contributed by atoms with Crippen LogP contribution in [0.3, 0.4) is 0 Å². The molecule has 0 saturated heterocycles. The molecule has 0 spiro atoms. The highest BCUT2D eigenvalue weighted by molar-refractivity contribution is 7.98. The molecule has 1 N–H and O–H groups in total. The molecule has 4 aromatic rings. The quantitative estimate of drug-likeness (QED) is 0.311. The molecule has 0 bridgehead atoms. The topological polar surface area (TPSA) is 61.2 Å². The van der Waals surface area contributed by atoms with Gasteiger partial charge in [0, 0.05) is 11.1 Å². The van der Waals surface area contributed by atoms with Gasteiger partial charge in [-0.1, -0.05) is 74.1 Å². The molecule has 0 amide bonds. The number of hydrogen-bond donors (Lipinski definition) is 1. The lowest BCUT2D eigenvalue weighted by Crippen LogP contribution is -2.32. The number of fused-ring (bicyclic) bond motifs is 3. The summed E-state index contributed by atoms with van der Waals surface area (Å²) in [6.07, 6.45) is 1.71. The average Bonchev–Trinajstić information content (AvgIpc) is 3.34. The van der Waals surface area contributed by atoms with Gasteiger partial charge in [0.05, 0.1) is 12.8 Å². The van der Waals surface area contributed by atoms with Crippen LogP contribution < -0.4 is 14.8 Å². The van der Waals surface area contributed by atoms with E-state index in [2.05, 4.69) is 61.6 Å². The number of hydrogen-bond acceptors (Lipinski definition) is 6. The number of rotatable bonds is 5. The van der Waals surface area contributed by atoms with Crippen molar-refractivity contribution in [2.24, 2.45) is 0 Å². The van der Waals surface area contributed by atoms with E-state index in [1.807, 2.05) is 41.3 Å². The van der Waals surface area contributed by atoms with Crippen LogP contribution in [-0.2, 0) is 0 Å². The van der Waals surface area contributed by atoms with Gasteiger partial charge in [-0.15, -0.1) is 5.10 Å². The molecule has 0 radical (unpaired) electrons. The van der Waals surface area contributed by atoms with Crippen molar-refractivity contribution < 1.29 is 9.47 Å². The highest BCUT2D eigenvalue weighted by Crippen LogP contribution is 2.51. The fourth-order valence-corrected chi connectivity index (χ4v) is 5.33. The van der Waals surface area contributed by atoms with Gasteiger partial charge in [-0.25, -0.2) is 4.68 Å². The van der Waals surface area contributed by atoms with E-state index in [9.17, 15) is 0 Å². The second-order valence-corrected chi connectivity index (χ2v) is 10.1. The van der Waals surface area contributed by atoms with E-state index in [1.54, 1.807) is 7.11 Å². The summed E-state index contributed by atoms with van der Waals surface area (Å²) in [6, 6.07) is 25.0. The molecule has 36 heavy (non-hydrogen) atoms. The molecule has 2 aliphatic rings. The molecule has 6 rings (SSSR count). The van der Waals surface area contributed by atoms with Crippen LogP contribution >= 0.6 is 11.8 Å². The van der Waals surface area contributed by atoms with Gasteiger partial charge in [0.1, 0.15) is 23.6 Å². The molecule has 6 nitrogen and oxygen atoms in total. The summed E-state index contributed by atoms with van der Waals surface area (Å²) in [5.74, 6) is 2.86. The van der Waals surface area contributed by atoms with Crippen molar-refractivity contribution in [2.45, 2.75) is 37.1 Å². The lowest BCUT2D eigenvalue weighted by Gasteiger charge is -2.39. The Morgan fingerprint density at radius 1 is 0.972 bits per heavy atom. The van der Waals surface area contributed by atoms with Crippen LogP contribution in [0.5, 0.6) is 11.5 Å². The molecule has 0 fully saturated rings. The minimum absolute atomic E-state index is 0.196. The monoisotopic (exact) mass is 496 g/mol. The third-order valence-corrected chi connectivity index (χ3v) is 7.42. The molecule has 7 heteroatoms. The largest absolute Gasteiger partial charge is 0.497 e. The third-order valence-electron chi connectivity index (χ3n) is 6.88. The van der Waals surface area contributed by atoms with E-state index in [0.717, 1.165) is 50.6 Å². The number of methoxy groups -OCH3 is 1. The van der Waals surface area contributed by atoms with E-state index >= 15 is 0 Å². The van der Waals surface area contributed by atoms with Gasteiger partial charge >= 0.3 is 0 Å². The number of thioether (sulfide) groups is 1. The van der Waals surface area contributed by atoms with Crippen LogP contribution in [0.2, 0.25) is 0 Å². The lowest BCUT2D eigenvalue weighted by atomic mass is 9.84. The molecule has 1 aromatic heterocycles. The molecule has 0 unspecified atom stereocenters. The van der Waals surface area contributed by atoms with Crippen LogP contribution in [0.1, 0.15) is 54.2 Å². The number of aromatic nitrogens is 3. The van der Waals surface area contributed by atoms with Gasteiger partial charge in [-0.2, -0.15) is 4.98 Å². The standard InChI is InChI=1S/C29H28N4O2S/c1-17(2)18-9-11-20(12-10-18)27-24-25(22-7-5-6-8-23(22)35-27)30-28-31-29(36-4)32-33(28)26(24)19-13-15-21(34-3)16-14-19/h5-17,26-27H,1-4H3,(H,30,31,32)/t26-,27-/m1/s1. The van der Waals surface area contributed by atoms with Crippen molar-refractivity contribution in [1.29, 1.82) is 0 Å². The van der Waals surface area contributed by atoms with Gasteiger partial charge in [0.15, 0.2) is 0 Å². The van der Waals surface area contributed by atoms with Crippen LogP contribution in [-0.4, -0.2) is 28.1 Å². The number of para-hydroxylation sites is 1. The zero-order valence-corrected chi connectivity index (χ0v) is 21.5. The van der Waals surface area contributed by atoms with Crippen molar-refractivity contribution in [2.75, 3.05) is 18.7 Å². The normalized spacial score (nSPS) is 18.1. The van der Waals surface area contributed by atoms with Gasteiger partial charge in [0.2, 0.25) is 11.1 Å². The van der Waals surface area contributed by atoms with Gasteiger partial charge < -0.3 is 14.8 Å². The first kappa shape index (κ1) is 22.7. The van der Waals surface area contributed by atoms with Crippen molar-refractivity contribution >= 4 is 23.4 Å². The summed E-state index contributed by atoms with van der Waals surface area (Å²) in [5.41, 5.74) is 6.68. The summed E-state index contributed by atoms with van der Waals surface area (Å²) >= 11 is 1.53. The number of nitrogens with one attached hydrogen (secondary N) is 1. The summed E-state index contributed by atoms with van der Waals surface area (Å²) in [4.78, 5) is 4.78. The number of ether oxygens (including phenoxy) is 2. The molecule has 2 atom stereocenters.